The largest absolute Gasteiger partial charge is 0.396 e. The summed E-state index contributed by atoms with van der Waals surface area (Å²) in [4.78, 5) is 0. The smallest absolute Gasteiger partial charge is 0.0524 e. The van der Waals surface area contributed by atoms with Crippen molar-refractivity contribution in [2.75, 3.05) is 19.8 Å². The Labute approximate surface area is 110 Å². The molecule has 0 unspecified atom stereocenters. The molecule has 0 aromatic heterocycles. The van der Waals surface area contributed by atoms with E-state index in [9.17, 15) is 15.3 Å². The number of aliphatic hydroxyl groups is 3. The van der Waals surface area contributed by atoms with Crippen LogP contribution in [0.3, 0.4) is 0 Å². The van der Waals surface area contributed by atoms with Gasteiger partial charge in [-0.05, 0) is 51.4 Å². The number of aliphatic hydroxyl groups excluding tert-OH is 3. The molecule has 1 fully saturated rings. The summed E-state index contributed by atoms with van der Waals surface area (Å²) in [5.41, 5.74) is 2.89. The molecule has 104 valence electrons. The molecule has 0 bridgehead atoms. The molecule has 0 spiro atoms. The second-order valence-electron chi connectivity index (χ2n) is 6.18. The zero-order valence-electron chi connectivity index (χ0n) is 11.4. The SMILES string of the molecule is CC1=C2C[C@@H](C(CO)CO)CC[C@@]2(CO)CCC1. The summed E-state index contributed by atoms with van der Waals surface area (Å²) in [7, 11) is 0. The minimum atomic E-state index is 0.00363. The molecular weight excluding hydrogens is 228 g/mol. The maximum absolute atomic E-state index is 9.80. The molecule has 3 nitrogen and oxygen atoms in total. The lowest BCUT2D eigenvalue weighted by atomic mass is 9.59. The van der Waals surface area contributed by atoms with E-state index in [1.165, 1.54) is 17.6 Å². The van der Waals surface area contributed by atoms with Gasteiger partial charge in [-0.15, -0.1) is 0 Å². The lowest BCUT2D eigenvalue weighted by Crippen LogP contribution is -2.39. The Morgan fingerprint density at radius 1 is 1.22 bits per heavy atom. The van der Waals surface area contributed by atoms with Crippen molar-refractivity contribution in [3.63, 3.8) is 0 Å². The van der Waals surface area contributed by atoms with Gasteiger partial charge in [0.05, 0.1) is 6.61 Å². The highest BCUT2D eigenvalue weighted by Gasteiger charge is 2.42. The molecular formula is C15H26O3. The Morgan fingerprint density at radius 3 is 2.56 bits per heavy atom. The van der Waals surface area contributed by atoms with E-state index >= 15 is 0 Å². The summed E-state index contributed by atoms with van der Waals surface area (Å²) in [5, 5.41) is 28.5. The van der Waals surface area contributed by atoms with Crippen molar-refractivity contribution in [3.05, 3.63) is 11.1 Å². The number of allylic oxidation sites excluding steroid dienone is 1. The van der Waals surface area contributed by atoms with Crippen molar-refractivity contribution in [3.8, 4) is 0 Å². The molecule has 0 heterocycles. The summed E-state index contributed by atoms with van der Waals surface area (Å²) in [6, 6.07) is 0. The molecule has 0 saturated heterocycles. The van der Waals surface area contributed by atoms with Gasteiger partial charge < -0.3 is 15.3 Å². The molecule has 0 aliphatic heterocycles. The number of fused-ring (bicyclic) bond motifs is 1. The van der Waals surface area contributed by atoms with E-state index < -0.39 is 0 Å². The Bertz CT molecular complexity index is 320. The molecule has 3 N–H and O–H groups in total. The highest BCUT2D eigenvalue weighted by molar-refractivity contribution is 5.27. The normalized spacial score (nSPS) is 32.8. The number of hydrogen-bond donors (Lipinski definition) is 3. The second-order valence-corrected chi connectivity index (χ2v) is 6.18. The van der Waals surface area contributed by atoms with Crippen molar-refractivity contribution in [2.24, 2.45) is 17.3 Å². The fourth-order valence-corrected chi connectivity index (χ4v) is 3.95. The van der Waals surface area contributed by atoms with Crippen LogP contribution in [0.2, 0.25) is 0 Å². The van der Waals surface area contributed by atoms with Gasteiger partial charge in [0.15, 0.2) is 0 Å². The molecule has 0 aromatic carbocycles. The molecule has 2 atom stereocenters. The van der Waals surface area contributed by atoms with Gasteiger partial charge in [-0.1, -0.05) is 11.1 Å². The molecule has 1 saturated carbocycles. The third-order valence-electron chi connectivity index (χ3n) is 5.26. The maximum atomic E-state index is 9.80. The molecule has 2 aliphatic carbocycles. The van der Waals surface area contributed by atoms with Crippen LogP contribution in [0.25, 0.3) is 0 Å². The minimum absolute atomic E-state index is 0.00363. The standard InChI is InChI=1S/C15H26O3/c1-11-3-2-5-15(10-18)6-4-12(7-14(11)15)13(8-16)9-17/h12-13,16-18H,2-10H2,1H3/t12-,15+/m0/s1. The van der Waals surface area contributed by atoms with Crippen molar-refractivity contribution < 1.29 is 15.3 Å². The average Bonchev–Trinajstić information content (AvgIpc) is 2.41. The average molecular weight is 254 g/mol. The topological polar surface area (TPSA) is 60.7 Å². The van der Waals surface area contributed by atoms with Crippen molar-refractivity contribution in [1.29, 1.82) is 0 Å². The molecule has 18 heavy (non-hydrogen) atoms. The highest BCUT2D eigenvalue weighted by Crippen LogP contribution is 2.52. The zero-order chi connectivity index (χ0) is 13.2. The Balaban J connectivity index is 2.20. The van der Waals surface area contributed by atoms with E-state index in [1.807, 2.05) is 0 Å². The number of rotatable bonds is 4. The van der Waals surface area contributed by atoms with E-state index in [0.717, 1.165) is 32.1 Å². The second kappa shape index (κ2) is 5.72. The van der Waals surface area contributed by atoms with E-state index in [1.54, 1.807) is 0 Å². The van der Waals surface area contributed by atoms with Gasteiger partial charge in [0.25, 0.3) is 0 Å². The third-order valence-corrected chi connectivity index (χ3v) is 5.26. The van der Waals surface area contributed by atoms with E-state index in [4.69, 9.17) is 0 Å². The first kappa shape index (κ1) is 14.0. The van der Waals surface area contributed by atoms with Crippen LogP contribution in [0.15, 0.2) is 11.1 Å². The van der Waals surface area contributed by atoms with E-state index in [-0.39, 0.29) is 31.2 Å². The maximum Gasteiger partial charge on any atom is 0.0524 e. The number of hydrogen-bond acceptors (Lipinski definition) is 3. The third kappa shape index (κ3) is 2.36. The molecule has 0 radical (unpaired) electrons. The Hall–Kier alpha value is -0.380. The predicted octanol–water partition coefficient (Wildman–Crippen LogP) is 1.87. The summed E-state index contributed by atoms with van der Waals surface area (Å²) in [5.74, 6) is 0.381. The van der Waals surface area contributed by atoms with Crippen molar-refractivity contribution in [1.82, 2.24) is 0 Å². The van der Waals surface area contributed by atoms with Gasteiger partial charge >= 0.3 is 0 Å². The van der Waals surface area contributed by atoms with Crippen LogP contribution < -0.4 is 0 Å². The van der Waals surface area contributed by atoms with Gasteiger partial charge in [-0.3, -0.25) is 0 Å². The van der Waals surface area contributed by atoms with E-state index in [0.29, 0.717) is 5.92 Å². The fourth-order valence-electron chi connectivity index (χ4n) is 3.95. The Morgan fingerprint density at radius 2 is 1.94 bits per heavy atom. The summed E-state index contributed by atoms with van der Waals surface area (Å²) < 4.78 is 0. The van der Waals surface area contributed by atoms with Crippen LogP contribution in [-0.4, -0.2) is 35.1 Å². The van der Waals surface area contributed by atoms with Crippen LogP contribution in [-0.2, 0) is 0 Å². The minimum Gasteiger partial charge on any atom is -0.396 e. The first-order valence-corrected chi connectivity index (χ1v) is 7.18. The van der Waals surface area contributed by atoms with Crippen molar-refractivity contribution in [2.45, 2.75) is 45.4 Å². The quantitative estimate of drug-likeness (QED) is 0.671. The lowest BCUT2D eigenvalue weighted by molar-refractivity contribution is 0.0509. The van der Waals surface area contributed by atoms with Gasteiger partial charge in [0.2, 0.25) is 0 Å². The molecule has 0 aromatic rings. The first-order valence-electron chi connectivity index (χ1n) is 7.18. The van der Waals surface area contributed by atoms with Crippen LogP contribution in [0, 0.1) is 17.3 Å². The zero-order valence-corrected chi connectivity index (χ0v) is 11.4. The lowest BCUT2D eigenvalue weighted by Gasteiger charge is -2.46. The summed E-state index contributed by atoms with van der Waals surface area (Å²) in [6.45, 7) is 2.59. The predicted molar refractivity (Wildman–Crippen MR) is 71.1 cm³/mol. The summed E-state index contributed by atoms with van der Waals surface area (Å²) >= 11 is 0. The Kier molecular flexibility index (Phi) is 4.46. The van der Waals surface area contributed by atoms with Gasteiger partial charge in [-0.2, -0.15) is 0 Å². The van der Waals surface area contributed by atoms with Gasteiger partial charge in [0, 0.05) is 24.5 Å². The van der Waals surface area contributed by atoms with E-state index in [2.05, 4.69) is 6.92 Å². The van der Waals surface area contributed by atoms with Gasteiger partial charge in [-0.25, -0.2) is 0 Å². The summed E-state index contributed by atoms with van der Waals surface area (Å²) in [6.07, 6.45) is 6.42. The first-order chi connectivity index (χ1) is 8.66. The van der Waals surface area contributed by atoms with Crippen LogP contribution in [0.4, 0.5) is 0 Å². The molecule has 2 aliphatic rings. The molecule has 3 heteroatoms. The monoisotopic (exact) mass is 254 g/mol. The van der Waals surface area contributed by atoms with Crippen LogP contribution >= 0.6 is 0 Å². The highest BCUT2D eigenvalue weighted by atomic mass is 16.3. The van der Waals surface area contributed by atoms with Gasteiger partial charge in [0.1, 0.15) is 0 Å². The molecule has 0 amide bonds. The van der Waals surface area contributed by atoms with Crippen molar-refractivity contribution >= 4 is 0 Å². The fraction of sp³-hybridized carbons (Fsp3) is 0.867. The van der Waals surface area contributed by atoms with Crippen LogP contribution in [0.5, 0.6) is 0 Å². The van der Waals surface area contributed by atoms with Crippen LogP contribution in [0.1, 0.15) is 45.4 Å². The molecule has 2 rings (SSSR count).